The Kier molecular flexibility index (Phi) is 4.91. The van der Waals surface area contributed by atoms with Crippen LogP contribution < -0.4 is 5.32 Å². The number of nitrogens with zero attached hydrogens (tertiary/aromatic N) is 3. The molecule has 2 aromatic rings. The maximum absolute atomic E-state index is 12.9. The average molecular weight is 320 g/mol. The van der Waals surface area contributed by atoms with Crippen LogP contribution in [0.5, 0.6) is 0 Å². The summed E-state index contributed by atoms with van der Waals surface area (Å²) in [6.07, 6.45) is -6.04. The van der Waals surface area contributed by atoms with Crippen LogP contribution in [0.2, 0.25) is 0 Å². The highest BCUT2D eigenvalue weighted by molar-refractivity contribution is 5.93. The zero-order valence-corrected chi connectivity index (χ0v) is 11.4. The molecule has 2 heterocycles. The summed E-state index contributed by atoms with van der Waals surface area (Å²) in [6.45, 7) is 0.454. The summed E-state index contributed by atoms with van der Waals surface area (Å²) in [7, 11) is 1.45. The molecule has 0 saturated heterocycles. The lowest BCUT2D eigenvalue weighted by Crippen LogP contribution is -2.27. The first-order valence-corrected chi connectivity index (χ1v) is 6.18. The summed E-state index contributed by atoms with van der Waals surface area (Å²) in [4.78, 5) is 15.3. The van der Waals surface area contributed by atoms with E-state index in [1.165, 1.54) is 7.11 Å². The van der Waals surface area contributed by atoms with Gasteiger partial charge in [-0.05, 0) is 6.07 Å². The number of amides is 1. The molecule has 2 aromatic heterocycles. The van der Waals surface area contributed by atoms with Crippen LogP contribution in [-0.4, -0.2) is 40.8 Å². The third-order valence-electron chi connectivity index (χ3n) is 2.75. The van der Waals surface area contributed by atoms with Crippen LogP contribution in [-0.2, 0) is 4.74 Å². The molecule has 0 aliphatic carbocycles. The highest BCUT2D eigenvalue weighted by Gasteiger charge is 2.21. The molecule has 0 aromatic carbocycles. The molecule has 6 nitrogen and oxygen atoms in total. The Labute approximate surface area is 122 Å². The van der Waals surface area contributed by atoms with Gasteiger partial charge in [0.2, 0.25) is 0 Å². The first-order chi connectivity index (χ1) is 10.4. The molecule has 1 N–H and O–H groups in total. The number of halogens is 4. The number of hydrogen-bond donors (Lipinski definition) is 1. The molecular formula is C12H12F4N4O2. The lowest BCUT2D eigenvalue weighted by Gasteiger charge is -2.06. The van der Waals surface area contributed by atoms with Gasteiger partial charge < -0.3 is 10.1 Å². The molecule has 120 valence electrons. The summed E-state index contributed by atoms with van der Waals surface area (Å²) in [5.74, 6) is -0.638. The molecule has 0 unspecified atom stereocenters. The summed E-state index contributed by atoms with van der Waals surface area (Å²) in [5, 5.41) is 6.13. The number of rotatable bonds is 6. The number of carbonyl (C=O) groups excluding carboxylic acids is 1. The SMILES string of the molecule is COCCNC(=O)c1cc2nc(C(F)F)cc(C(F)F)n2n1. The van der Waals surface area contributed by atoms with Gasteiger partial charge in [-0.1, -0.05) is 0 Å². The lowest BCUT2D eigenvalue weighted by atomic mass is 10.3. The van der Waals surface area contributed by atoms with Crippen molar-refractivity contribution in [2.24, 2.45) is 0 Å². The van der Waals surface area contributed by atoms with Crippen molar-refractivity contribution in [3.05, 3.63) is 29.2 Å². The molecule has 2 rings (SSSR count). The van der Waals surface area contributed by atoms with Crippen LogP contribution in [0.25, 0.3) is 5.65 Å². The minimum absolute atomic E-state index is 0.195. The van der Waals surface area contributed by atoms with Crippen molar-refractivity contribution in [1.29, 1.82) is 0 Å². The Hall–Kier alpha value is -2.23. The molecule has 0 bridgehead atoms. The molecule has 0 aliphatic heterocycles. The van der Waals surface area contributed by atoms with Crippen LogP contribution in [0, 0.1) is 0 Å². The van der Waals surface area contributed by atoms with Crippen molar-refractivity contribution in [3.63, 3.8) is 0 Å². The third-order valence-corrected chi connectivity index (χ3v) is 2.75. The number of methoxy groups -OCH3 is 1. The quantitative estimate of drug-likeness (QED) is 0.653. The van der Waals surface area contributed by atoms with Crippen molar-refractivity contribution in [1.82, 2.24) is 19.9 Å². The fraction of sp³-hybridized carbons (Fsp3) is 0.417. The number of aromatic nitrogens is 3. The van der Waals surface area contributed by atoms with E-state index in [9.17, 15) is 22.4 Å². The number of alkyl halides is 4. The molecule has 0 radical (unpaired) electrons. The predicted octanol–water partition coefficient (Wildman–Crippen LogP) is 1.98. The van der Waals surface area contributed by atoms with Gasteiger partial charge in [0.1, 0.15) is 11.4 Å². The number of hydrogen-bond acceptors (Lipinski definition) is 4. The maximum atomic E-state index is 12.9. The number of ether oxygens (including phenoxy) is 1. The van der Waals surface area contributed by atoms with Gasteiger partial charge in [0.15, 0.2) is 11.3 Å². The molecular weight excluding hydrogens is 308 g/mol. The van der Waals surface area contributed by atoms with Gasteiger partial charge >= 0.3 is 0 Å². The van der Waals surface area contributed by atoms with Gasteiger partial charge in [-0.2, -0.15) is 5.10 Å². The third kappa shape index (κ3) is 3.32. The van der Waals surface area contributed by atoms with Crippen LogP contribution in [0.15, 0.2) is 12.1 Å². The Balaban J connectivity index is 2.40. The van der Waals surface area contributed by atoms with Crippen molar-refractivity contribution in [3.8, 4) is 0 Å². The zero-order valence-electron chi connectivity index (χ0n) is 11.4. The molecule has 0 spiro atoms. The molecule has 1 amide bonds. The van der Waals surface area contributed by atoms with Crippen molar-refractivity contribution in [2.45, 2.75) is 12.9 Å². The number of nitrogens with one attached hydrogen (secondary N) is 1. The van der Waals surface area contributed by atoms with Gasteiger partial charge in [-0.25, -0.2) is 27.1 Å². The van der Waals surface area contributed by atoms with Crippen molar-refractivity contribution in [2.75, 3.05) is 20.3 Å². The van der Waals surface area contributed by atoms with E-state index in [0.717, 1.165) is 6.07 Å². The van der Waals surface area contributed by atoms with Crippen molar-refractivity contribution < 1.29 is 27.1 Å². The molecule has 0 atom stereocenters. The van der Waals surface area contributed by atoms with E-state index in [1.807, 2.05) is 0 Å². The largest absolute Gasteiger partial charge is 0.383 e. The number of fused-ring (bicyclic) bond motifs is 1. The minimum atomic E-state index is -3.03. The van der Waals surface area contributed by atoms with Gasteiger partial charge in [0.05, 0.1) is 6.61 Å². The van der Waals surface area contributed by atoms with E-state index >= 15 is 0 Å². The summed E-state index contributed by atoms with van der Waals surface area (Å²) >= 11 is 0. The van der Waals surface area contributed by atoms with Gasteiger partial charge in [0, 0.05) is 19.7 Å². The van der Waals surface area contributed by atoms with Crippen LogP contribution >= 0.6 is 0 Å². The predicted molar refractivity (Wildman–Crippen MR) is 67.1 cm³/mol. The average Bonchev–Trinajstić information content (AvgIpc) is 2.89. The second-order valence-electron chi connectivity index (χ2n) is 4.26. The first kappa shape index (κ1) is 16.1. The molecule has 0 aliphatic rings. The minimum Gasteiger partial charge on any atom is -0.383 e. The normalized spacial score (nSPS) is 11.6. The Morgan fingerprint density at radius 1 is 1.32 bits per heavy atom. The Morgan fingerprint density at radius 2 is 2.05 bits per heavy atom. The summed E-state index contributed by atoms with van der Waals surface area (Å²) in [6, 6.07) is 1.64. The fourth-order valence-corrected chi connectivity index (χ4v) is 1.75. The monoisotopic (exact) mass is 320 g/mol. The van der Waals surface area contributed by atoms with Gasteiger partial charge in [0.25, 0.3) is 18.8 Å². The first-order valence-electron chi connectivity index (χ1n) is 6.18. The zero-order chi connectivity index (χ0) is 16.3. The van der Waals surface area contributed by atoms with E-state index < -0.39 is 30.1 Å². The van der Waals surface area contributed by atoms with Gasteiger partial charge in [-0.3, -0.25) is 4.79 Å². The lowest BCUT2D eigenvalue weighted by molar-refractivity contribution is 0.0930. The molecule has 10 heteroatoms. The van der Waals surface area contributed by atoms with Crippen LogP contribution in [0.3, 0.4) is 0 Å². The smallest absolute Gasteiger partial charge is 0.280 e. The fourth-order valence-electron chi connectivity index (χ4n) is 1.75. The summed E-state index contributed by atoms with van der Waals surface area (Å²) < 4.78 is 56.7. The Bertz CT molecular complexity index is 674. The topological polar surface area (TPSA) is 68.5 Å². The molecule has 22 heavy (non-hydrogen) atoms. The highest BCUT2D eigenvalue weighted by Crippen LogP contribution is 2.25. The summed E-state index contributed by atoms with van der Waals surface area (Å²) in [5.41, 5.74) is -1.99. The standard InChI is InChI=1S/C12H12F4N4O2/c1-22-3-2-17-12(21)7-5-9-18-6(10(13)14)4-8(11(15)16)20(9)19-7/h4-5,10-11H,2-3H2,1H3,(H,17,21). The highest BCUT2D eigenvalue weighted by atomic mass is 19.3. The molecule has 0 fully saturated rings. The van der Waals surface area contributed by atoms with E-state index in [-0.39, 0.29) is 24.5 Å². The van der Waals surface area contributed by atoms with Crippen LogP contribution in [0.4, 0.5) is 17.6 Å². The maximum Gasteiger partial charge on any atom is 0.280 e. The van der Waals surface area contributed by atoms with E-state index in [0.29, 0.717) is 10.6 Å². The van der Waals surface area contributed by atoms with E-state index in [2.05, 4.69) is 15.4 Å². The van der Waals surface area contributed by atoms with Crippen molar-refractivity contribution >= 4 is 11.6 Å². The number of carbonyl (C=O) groups is 1. The second-order valence-corrected chi connectivity index (χ2v) is 4.26. The van der Waals surface area contributed by atoms with Gasteiger partial charge in [-0.15, -0.1) is 0 Å². The van der Waals surface area contributed by atoms with E-state index in [1.54, 1.807) is 0 Å². The second kappa shape index (κ2) is 6.69. The van der Waals surface area contributed by atoms with E-state index in [4.69, 9.17) is 4.74 Å². The molecule has 0 saturated carbocycles. The Morgan fingerprint density at radius 3 is 2.64 bits per heavy atom. The van der Waals surface area contributed by atoms with Crippen LogP contribution in [0.1, 0.15) is 34.7 Å².